The third-order valence-corrected chi connectivity index (χ3v) is 4.17. The molecule has 1 amide bonds. The van der Waals surface area contributed by atoms with E-state index in [1.807, 2.05) is 6.07 Å². The zero-order chi connectivity index (χ0) is 14.8. The standard InChI is InChI=1S/C15H9FN2OS2/c16-11-5-1-2-6-12(11)18-14(19)13(21-15(18)20)8-10-4-3-7-17-9-10/h1-9H. The Morgan fingerprint density at radius 1 is 1.24 bits per heavy atom. The number of rotatable bonds is 2. The summed E-state index contributed by atoms with van der Waals surface area (Å²) >= 11 is 6.35. The molecular formula is C15H9FN2OS2. The SMILES string of the molecule is O=C1C(=Cc2cccnc2)SC(=S)N1c1ccccc1F. The number of carbonyl (C=O) groups excluding carboxylic acids is 1. The summed E-state index contributed by atoms with van der Waals surface area (Å²) in [5, 5.41) is 0. The molecule has 3 nitrogen and oxygen atoms in total. The van der Waals surface area contributed by atoms with Crippen molar-refractivity contribution in [3.05, 3.63) is 65.1 Å². The van der Waals surface area contributed by atoms with E-state index in [2.05, 4.69) is 4.98 Å². The van der Waals surface area contributed by atoms with Gasteiger partial charge < -0.3 is 0 Å². The van der Waals surface area contributed by atoms with E-state index in [1.165, 1.54) is 17.0 Å². The highest BCUT2D eigenvalue weighted by Crippen LogP contribution is 2.36. The Hall–Kier alpha value is -2.05. The lowest BCUT2D eigenvalue weighted by molar-refractivity contribution is -0.113. The van der Waals surface area contributed by atoms with Gasteiger partial charge in [0.25, 0.3) is 5.91 Å². The Bertz CT molecular complexity index is 746. The maximum atomic E-state index is 13.8. The highest BCUT2D eigenvalue weighted by molar-refractivity contribution is 8.27. The molecule has 0 unspecified atom stereocenters. The predicted octanol–water partition coefficient (Wildman–Crippen LogP) is 3.63. The Labute approximate surface area is 130 Å². The summed E-state index contributed by atoms with van der Waals surface area (Å²) in [6, 6.07) is 9.70. The first-order valence-corrected chi connectivity index (χ1v) is 7.32. The average molecular weight is 316 g/mol. The van der Waals surface area contributed by atoms with Gasteiger partial charge in [0.1, 0.15) is 5.82 Å². The van der Waals surface area contributed by atoms with Gasteiger partial charge in [-0.1, -0.05) is 42.2 Å². The van der Waals surface area contributed by atoms with E-state index in [0.29, 0.717) is 9.23 Å². The number of aromatic nitrogens is 1. The molecule has 3 rings (SSSR count). The van der Waals surface area contributed by atoms with Crippen molar-refractivity contribution >= 4 is 46.0 Å². The summed E-state index contributed by atoms with van der Waals surface area (Å²) in [7, 11) is 0. The van der Waals surface area contributed by atoms with Crippen LogP contribution < -0.4 is 4.90 Å². The number of halogens is 1. The zero-order valence-electron chi connectivity index (χ0n) is 10.7. The second-order valence-corrected chi connectivity index (χ2v) is 5.93. The molecule has 0 N–H and O–H groups in total. The number of amides is 1. The maximum Gasteiger partial charge on any atom is 0.270 e. The smallest absolute Gasteiger partial charge is 0.268 e. The largest absolute Gasteiger partial charge is 0.270 e. The van der Waals surface area contributed by atoms with E-state index in [-0.39, 0.29) is 11.6 Å². The Morgan fingerprint density at radius 2 is 2.05 bits per heavy atom. The highest BCUT2D eigenvalue weighted by Gasteiger charge is 2.34. The molecule has 1 aliphatic rings. The third kappa shape index (κ3) is 2.72. The maximum absolute atomic E-state index is 13.8. The van der Waals surface area contributed by atoms with Gasteiger partial charge in [0.2, 0.25) is 0 Å². The van der Waals surface area contributed by atoms with Gasteiger partial charge in [-0.05, 0) is 29.8 Å². The molecule has 0 atom stereocenters. The van der Waals surface area contributed by atoms with Crippen LogP contribution >= 0.6 is 24.0 Å². The first-order valence-electron chi connectivity index (χ1n) is 6.09. The van der Waals surface area contributed by atoms with Crippen LogP contribution in [0, 0.1) is 5.82 Å². The van der Waals surface area contributed by atoms with Crippen molar-refractivity contribution in [3.63, 3.8) is 0 Å². The monoisotopic (exact) mass is 316 g/mol. The van der Waals surface area contributed by atoms with Crippen LogP contribution in [0.1, 0.15) is 5.56 Å². The van der Waals surface area contributed by atoms with Gasteiger partial charge >= 0.3 is 0 Å². The molecule has 1 saturated heterocycles. The van der Waals surface area contributed by atoms with Crippen LogP contribution in [0.25, 0.3) is 6.08 Å². The Balaban J connectivity index is 1.97. The lowest BCUT2D eigenvalue weighted by Gasteiger charge is -2.14. The van der Waals surface area contributed by atoms with Crippen LogP contribution in [0.5, 0.6) is 0 Å². The molecule has 1 fully saturated rings. The molecule has 6 heteroatoms. The van der Waals surface area contributed by atoms with E-state index >= 15 is 0 Å². The van der Waals surface area contributed by atoms with Gasteiger partial charge in [0.05, 0.1) is 10.6 Å². The molecule has 1 aromatic heterocycles. The van der Waals surface area contributed by atoms with Gasteiger partial charge in [-0.25, -0.2) is 4.39 Å². The predicted molar refractivity (Wildman–Crippen MR) is 86.3 cm³/mol. The molecule has 0 spiro atoms. The van der Waals surface area contributed by atoms with Gasteiger partial charge in [-0.2, -0.15) is 0 Å². The Morgan fingerprint density at radius 3 is 2.76 bits per heavy atom. The molecule has 0 bridgehead atoms. The van der Waals surface area contributed by atoms with Gasteiger partial charge in [-0.3, -0.25) is 14.7 Å². The average Bonchev–Trinajstić information content (AvgIpc) is 2.76. The zero-order valence-corrected chi connectivity index (χ0v) is 12.3. The highest BCUT2D eigenvalue weighted by atomic mass is 32.2. The summed E-state index contributed by atoms with van der Waals surface area (Å²) < 4.78 is 14.2. The van der Waals surface area contributed by atoms with Crippen LogP contribution in [-0.2, 0) is 4.79 Å². The van der Waals surface area contributed by atoms with Crippen LogP contribution in [0.15, 0.2) is 53.7 Å². The van der Waals surface area contributed by atoms with Gasteiger partial charge in [0.15, 0.2) is 4.32 Å². The molecule has 2 heterocycles. The van der Waals surface area contributed by atoms with E-state index < -0.39 is 5.82 Å². The summed E-state index contributed by atoms with van der Waals surface area (Å²) in [5.74, 6) is -0.796. The number of benzene rings is 1. The molecule has 1 aliphatic heterocycles. The lowest BCUT2D eigenvalue weighted by atomic mass is 10.2. The minimum atomic E-state index is -0.476. The number of carbonyl (C=O) groups is 1. The fourth-order valence-electron chi connectivity index (χ4n) is 1.92. The first kappa shape index (κ1) is 13.9. The van der Waals surface area contributed by atoms with Crippen molar-refractivity contribution in [1.29, 1.82) is 0 Å². The van der Waals surface area contributed by atoms with Crippen molar-refractivity contribution in [1.82, 2.24) is 4.98 Å². The van der Waals surface area contributed by atoms with Crippen LogP contribution in [0.3, 0.4) is 0 Å². The number of anilines is 1. The third-order valence-electron chi connectivity index (χ3n) is 2.87. The molecule has 2 aromatic rings. The number of para-hydroxylation sites is 1. The number of hydrogen-bond acceptors (Lipinski definition) is 4. The molecule has 104 valence electrons. The number of pyridine rings is 1. The molecule has 0 saturated carbocycles. The van der Waals surface area contributed by atoms with Crippen molar-refractivity contribution in [3.8, 4) is 0 Å². The molecule has 1 aromatic carbocycles. The van der Waals surface area contributed by atoms with Crippen molar-refractivity contribution in [2.24, 2.45) is 0 Å². The summed E-state index contributed by atoms with van der Waals surface area (Å²) in [6.07, 6.45) is 5.00. The molecular weight excluding hydrogens is 307 g/mol. The summed E-state index contributed by atoms with van der Waals surface area (Å²) in [6.45, 7) is 0. The number of nitrogens with zero attached hydrogens (tertiary/aromatic N) is 2. The van der Waals surface area contributed by atoms with E-state index in [1.54, 1.807) is 36.7 Å². The first-order chi connectivity index (χ1) is 10.2. The fourth-order valence-corrected chi connectivity index (χ4v) is 3.21. The molecule has 0 radical (unpaired) electrons. The second-order valence-electron chi connectivity index (χ2n) is 4.25. The summed E-state index contributed by atoms with van der Waals surface area (Å²) in [5.41, 5.74) is 0.973. The van der Waals surface area contributed by atoms with Crippen molar-refractivity contribution in [2.75, 3.05) is 4.90 Å². The second kappa shape index (κ2) is 5.75. The quantitative estimate of drug-likeness (QED) is 0.626. The minimum Gasteiger partial charge on any atom is -0.268 e. The topological polar surface area (TPSA) is 33.2 Å². The molecule has 21 heavy (non-hydrogen) atoms. The van der Waals surface area contributed by atoms with Crippen LogP contribution in [0.2, 0.25) is 0 Å². The van der Waals surface area contributed by atoms with E-state index in [0.717, 1.165) is 17.3 Å². The van der Waals surface area contributed by atoms with Gasteiger partial charge in [-0.15, -0.1) is 0 Å². The normalized spacial score (nSPS) is 16.8. The van der Waals surface area contributed by atoms with Crippen LogP contribution in [-0.4, -0.2) is 15.2 Å². The van der Waals surface area contributed by atoms with Crippen molar-refractivity contribution in [2.45, 2.75) is 0 Å². The summed E-state index contributed by atoms with van der Waals surface area (Å²) in [4.78, 5) is 18.1. The van der Waals surface area contributed by atoms with E-state index in [9.17, 15) is 9.18 Å². The lowest BCUT2D eigenvalue weighted by Crippen LogP contribution is -2.28. The van der Waals surface area contributed by atoms with Crippen molar-refractivity contribution < 1.29 is 9.18 Å². The minimum absolute atomic E-state index is 0.176. The number of thioether (sulfide) groups is 1. The van der Waals surface area contributed by atoms with E-state index in [4.69, 9.17) is 12.2 Å². The van der Waals surface area contributed by atoms with Crippen LogP contribution in [0.4, 0.5) is 10.1 Å². The number of thiocarbonyl (C=S) groups is 1. The van der Waals surface area contributed by atoms with Gasteiger partial charge in [0, 0.05) is 12.4 Å². The molecule has 0 aliphatic carbocycles. The fraction of sp³-hybridized carbons (Fsp3) is 0. The Kier molecular flexibility index (Phi) is 3.81. The number of hydrogen-bond donors (Lipinski definition) is 0.